The highest BCUT2D eigenvalue weighted by Gasteiger charge is 2.26. The van der Waals surface area contributed by atoms with Crippen molar-refractivity contribution in [3.05, 3.63) is 34.4 Å². The van der Waals surface area contributed by atoms with Crippen LogP contribution in [-0.2, 0) is 9.47 Å². The van der Waals surface area contributed by atoms with Crippen LogP contribution in [0.3, 0.4) is 0 Å². The number of esters is 1. The molecular weight excluding hydrogens is 320 g/mol. The number of hydrogen-bond donors (Lipinski definition) is 2. The Morgan fingerprint density at radius 3 is 1.92 bits per heavy atom. The second-order valence-electron chi connectivity index (χ2n) is 5.00. The maximum atomic E-state index is 12.3. The molecule has 8 heteroatoms. The molecule has 0 bridgehead atoms. The van der Waals surface area contributed by atoms with Crippen LogP contribution in [-0.4, -0.2) is 53.7 Å². The Morgan fingerprint density at radius 1 is 1.00 bits per heavy atom. The van der Waals surface area contributed by atoms with Gasteiger partial charge in [0.1, 0.15) is 6.10 Å². The van der Waals surface area contributed by atoms with Crippen LogP contribution in [0.25, 0.3) is 0 Å². The summed E-state index contributed by atoms with van der Waals surface area (Å²) >= 11 is 0. The van der Waals surface area contributed by atoms with E-state index in [0.717, 1.165) is 19.1 Å². The lowest BCUT2D eigenvalue weighted by Crippen LogP contribution is -2.24. The van der Waals surface area contributed by atoms with Gasteiger partial charge in [0.2, 0.25) is 0 Å². The van der Waals surface area contributed by atoms with Gasteiger partial charge in [-0.25, -0.2) is 14.4 Å². The number of ketones is 1. The van der Waals surface area contributed by atoms with Gasteiger partial charge in [0.25, 0.3) is 0 Å². The summed E-state index contributed by atoms with van der Waals surface area (Å²) in [6, 6.07) is 1.73. The molecule has 130 valence electrons. The monoisotopic (exact) mass is 338 g/mol. The second-order valence-corrected chi connectivity index (χ2v) is 5.00. The Balaban J connectivity index is 3.42. The minimum atomic E-state index is -1.50. The van der Waals surface area contributed by atoms with Crippen molar-refractivity contribution in [2.24, 2.45) is 0 Å². The number of aromatic carboxylic acids is 2. The largest absolute Gasteiger partial charge is 0.478 e. The molecule has 0 aliphatic carbocycles. The predicted octanol–water partition coefficient (Wildman–Crippen LogP) is 1.87. The van der Waals surface area contributed by atoms with Gasteiger partial charge in [-0.15, -0.1) is 0 Å². The maximum Gasteiger partial charge on any atom is 0.339 e. The average molecular weight is 338 g/mol. The first kappa shape index (κ1) is 19.3. The van der Waals surface area contributed by atoms with Gasteiger partial charge >= 0.3 is 17.9 Å². The third-order valence-corrected chi connectivity index (χ3v) is 3.30. The summed E-state index contributed by atoms with van der Waals surface area (Å²) in [5.41, 5.74) is -1.68. The highest BCUT2D eigenvalue weighted by atomic mass is 16.6. The minimum absolute atomic E-state index is 0.122. The van der Waals surface area contributed by atoms with Crippen LogP contribution < -0.4 is 0 Å². The van der Waals surface area contributed by atoms with Crippen molar-refractivity contribution in [2.45, 2.75) is 26.4 Å². The zero-order chi connectivity index (χ0) is 18.4. The first-order valence-corrected chi connectivity index (χ1v) is 7.08. The van der Waals surface area contributed by atoms with E-state index in [1.807, 2.05) is 0 Å². The lowest BCUT2D eigenvalue weighted by atomic mass is 9.96. The zero-order valence-corrected chi connectivity index (χ0v) is 13.5. The molecule has 1 aromatic carbocycles. The fraction of sp³-hybridized carbons (Fsp3) is 0.375. The number of Topliss-reactive ketones (excluding diaryl/α,β-unsaturated/α-hetero) is 1. The number of carboxylic acid groups (broad SMARTS) is 2. The number of carbonyl (C=O) groups is 4. The normalized spacial score (nSPS) is 11.6. The van der Waals surface area contributed by atoms with E-state index in [4.69, 9.17) is 14.6 Å². The molecule has 0 aliphatic rings. The van der Waals surface area contributed by atoms with E-state index in [1.54, 1.807) is 6.92 Å². The summed E-state index contributed by atoms with van der Waals surface area (Å²) in [4.78, 5) is 46.5. The highest BCUT2D eigenvalue weighted by Crippen LogP contribution is 2.20. The summed E-state index contributed by atoms with van der Waals surface area (Å²) in [5, 5.41) is 18.4. The number of ether oxygens (including phenoxy) is 2. The predicted molar refractivity (Wildman–Crippen MR) is 81.7 cm³/mol. The third kappa shape index (κ3) is 4.39. The van der Waals surface area contributed by atoms with Crippen LogP contribution in [0.15, 0.2) is 12.1 Å². The number of hydrogen-bond acceptors (Lipinski definition) is 6. The first-order chi connectivity index (χ1) is 11.2. The fourth-order valence-electron chi connectivity index (χ4n) is 2.05. The molecule has 0 aromatic heterocycles. The maximum absolute atomic E-state index is 12.3. The van der Waals surface area contributed by atoms with Gasteiger partial charge in [0.05, 0.1) is 23.3 Å². The Labute approximate surface area is 138 Å². The Kier molecular flexibility index (Phi) is 6.60. The third-order valence-electron chi connectivity index (χ3n) is 3.30. The van der Waals surface area contributed by atoms with Crippen molar-refractivity contribution in [1.29, 1.82) is 0 Å². The molecule has 0 fully saturated rings. The van der Waals surface area contributed by atoms with E-state index < -0.39 is 40.9 Å². The number of rotatable bonds is 8. The molecule has 0 saturated carbocycles. The van der Waals surface area contributed by atoms with E-state index in [0.29, 0.717) is 6.42 Å². The quantitative estimate of drug-likeness (QED) is 0.543. The topological polar surface area (TPSA) is 127 Å². The van der Waals surface area contributed by atoms with Crippen molar-refractivity contribution in [1.82, 2.24) is 0 Å². The average Bonchev–Trinajstić information content (AvgIpc) is 2.52. The molecule has 0 saturated heterocycles. The van der Waals surface area contributed by atoms with Crippen molar-refractivity contribution in [3.8, 4) is 0 Å². The SMILES string of the molecule is CCC(COC)OC(=O)c1cc(C(C)=O)c(C(=O)O)cc1C(=O)O. The molecule has 1 unspecified atom stereocenters. The molecule has 0 amide bonds. The van der Waals surface area contributed by atoms with Crippen LogP contribution in [0, 0.1) is 0 Å². The molecule has 0 aliphatic heterocycles. The fourth-order valence-corrected chi connectivity index (χ4v) is 2.05. The molecule has 0 radical (unpaired) electrons. The summed E-state index contributed by atoms with van der Waals surface area (Å²) < 4.78 is 10.1. The Bertz CT molecular complexity index is 677. The molecule has 0 heterocycles. The van der Waals surface area contributed by atoms with E-state index in [1.165, 1.54) is 7.11 Å². The van der Waals surface area contributed by atoms with Gasteiger partial charge in [0.15, 0.2) is 5.78 Å². The molecule has 1 rings (SSSR count). The molecule has 2 N–H and O–H groups in total. The van der Waals surface area contributed by atoms with Crippen molar-refractivity contribution < 1.29 is 38.9 Å². The van der Waals surface area contributed by atoms with Crippen molar-refractivity contribution in [2.75, 3.05) is 13.7 Å². The van der Waals surface area contributed by atoms with Crippen LogP contribution in [0.2, 0.25) is 0 Å². The molecule has 0 spiro atoms. The summed E-state index contributed by atoms with van der Waals surface area (Å²) in [6.07, 6.45) is -0.154. The van der Waals surface area contributed by atoms with E-state index in [-0.39, 0.29) is 17.7 Å². The Morgan fingerprint density at radius 2 is 1.50 bits per heavy atom. The van der Waals surface area contributed by atoms with Crippen molar-refractivity contribution in [3.63, 3.8) is 0 Å². The minimum Gasteiger partial charge on any atom is -0.478 e. The van der Waals surface area contributed by atoms with Gasteiger partial charge in [0, 0.05) is 12.7 Å². The number of benzene rings is 1. The van der Waals surface area contributed by atoms with Crippen LogP contribution in [0.1, 0.15) is 61.7 Å². The number of carboxylic acids is 2. The van der Waals surface area contributed by atoms with Gasteiger partial charge < -0.3 is 19.7 Å². The van der Waals surface area contributed by atoms with E-state index in [9.17, 15) is 24.3 Å². The molecule has 24 heavy (non-hydrogen) atoms. The summed E-state index contributed by atoms with van der Waals surface area (Å²) in [6.45, 7) is 3.00. The van der Waals surface area contributed by atoms with Crippen LogP contribution in [0.4, 0.5) is 0 Å². The molecule has 8 nitrogen and oxygen atoms in total. The molecule has 1 aromatic rings. The van der Waals surface area contributed by atoms with E-state index in [2.05, 4.69) is 0 Å². The molecular formula is C16H18O8. The van der Waals surface area contributed by atoms with Crippen molar-refractivity contribution >= 4 is 23.7 Å². The highest BCUT2D eigenvalue weighted by molar-refractivity contribution is 6.10. The first-order valence-electron chi connectivity index (χ1n) is 7.08. The zero-order valence-electron chi connectivity index (χ0n) is 13.5. The lowest BCUT2D eigenvalue weighted by Gasteiger charge is -2.16. The molecule has 1 atom stereocenters. The van der Waals surface area contributed by atoms with Crippen LogP contribution in [0.5, 0.6) is 0 Å². The smallest absolute Gasteiger partial charge is 0.339 e. The van der Waals surface area contributed by atoms with Gasteiger partial charge in [-0.1, -0.05) is 6.92 Å². The summed E-state index contributed by atoms with van der Waals surface area (Å²) in [5.74, 6) is -4.54. The second kappa shape index (κ2) is 8.21. The number of methoxy groups -OCH3 is 1. The number of carbonyl (C=O) groups excluding carboxylic acids is 2. The van der Waals surface area contributed by atoms with E-state index >= 15 is 0 Å². The standard InChI is InChI=1S/C16H18O8/c1-4-9(7-23-3)24-16(22)13-5-10(8(2)17)11(14(18)19)6-12(13)15(20)21/h5-6,9H,4,7H2,1-3H3,(H,18,19)(H,20,21). The summed E-state index contributed by atoms with van der Waals surface area (Å²) in [7, 11) is 1.43. The Hall–Kier alpha value is -2.74. The van der Waals surface area contributed by atoms with Gasteiger partial charge in [-0.2, -0.15) is 0 Å². The van der Waals surface area contributed by atoms with Crippen LogP contribution >= 0.6 is 0 Å². The van der Waals surface area contributed by atoms with Gasteiger partial charge in [-0.05, 0) is 25.5 Å². The lowest BCUT2D eigenvalue weighted by molar-refractivity contribution is 0.00446. The van der Waals surface area contributed by atoms with Gasteiger partial charge in [-0.3, -0.25) is 4.79 Å².